The molecule has 0 amide bonds. The minimum atomic E-state index is -0.491. The lowest BCUT2D eigenvalue weighted by atomic mass is 10.0. The van der Waals surface area contributed by atoms with Crippen LogP contribution in [0.1, 0.15) is 21.6 Å². The zero-order valence-electron chi connectivity index (χ0n) is 11.8. The molecule has 22 heavy (non-hydrogen) atoms. The van der Waals surface area contributed by atoms with Crippen LogP contribution < -0.4 is 5.63 Å². The molecule has 2 aromatic heterocycles. The van der Waals surface area contributed by atoms with Crippen LogP contribution in [0, 0.1) is 6.92 Å². The third kappa shape index (κ3) is 2.44. The Hall–Kier alpha value is -3.08. The van der Waals surface area contributed by atoms with Gasteiger partial charge in [-0.05, 0) is 48.9 Å². The van der Waals surface area contributed by atoms with Crippen LogP contribution in [0.25, 0.3) is 17.0 Å². The Morgan fingerprint density at radius 1 is 1.32 bits per heavy atom. The number of aromatic hydroxyl groups is 1. The lowest BCUT2D eigenvalue weighted by molar-refractivity contribution is 0.104. The quantitative estimate of drug-likeness (QED) is 0.442. The van der Waals surface area contributed by atoms with Crippen molar-refractivity contribution in [2.24, 2.45) is 0 Å². The normalized spacial score (nSPS) is 11.3. The molecule has 3 rings (SSSR count). The van der Waals surface area contributed by atoms with E-state index in [1.807, 2.05) is 12.1 Å². The second-order valence-electron chi connectivity index (χ2n) is 4.91. The lowest BCUT2D eigenvalue weighted by Crippen LogP contribution is -2.01. The Morgan fingerprint density at radius 3 is 2.86 bits per heavy atom. The van der Waals surface area contributed by atoms with E-state index in [4.69, 9.17) is 4.42 Å². The van der Waals surface area contributed by atoms with Crippen LogP contribution >= 0.6 is 0 Å². The van der Waals surface area contributed by atoms with Crippen molar-refractivity contribution >= 4 is 22.8 Å². The first kappa shape index (κ1) is 13.9. The first-order valence-electron chi connectivity index (χ1n) is 6.68. The number of phenolic OH excluding ortho intramolecular Hbond substituents is 1. The number of phenols is 1. The fourth-order valence-electron chi connectivity index (χ4n) is 2.33. The molecule has 0 aliphatic carbocycles. The highest BCUT2D eigenvalue weighted by Gasteiger charge is 2.15. The monoisotopic (exact) mass is 295 g/mol. The van der Waals surface area contributed by atoms with Gasteiger partial charge in [0.15, 0.2) is 5.78 Å². The van der Waals surface area contributed by atoms with E-state index >= 15 is 0 Å². The molecule has 0 unspecified atom stereocenters. The molecular weight excluding hydrogens is 282 g/mol. The highest BCUT2D eigenvalue weighted by atomic mass is 16.4. The molecule has 5 heteroatoms. The smallest absolute Gasteiger partial charge is 0.336 e. The summed E-state index contributed by atoms with van der Waals surface area (Å²) < 4.78 is 5.03. The fraction of sp³-hybridized carbons (Fsp3) is 0.0588. The number of allylic oxidation sites excluding steroid dienone is 1. The summed E-state index contributed by atoms with van der Waals surface area (Å²) in [6, 6.07) is 7.89. The molecule has 0 bridgehead atoms. The van der Waals surface area contributed by atoms with Gasteiger partial charge in [-0.15, -0.1) is 0 Å². The van der Waals surface area contributed by atoms with E-state index in [0.717, 1.165) is 5.69 Å². The molecule has 0 aliphatic heterocycles. The number of fused-ring (bicyclic) bond motifs is 1. The van der Waals surface area contributed by atoms with Crippen LogP contribution in [-0.2, 0) is 0 Å². The van der Waals surface area contributed by atoms with E-state index in [9.17, 15) is 14.7 Å². The van der Waals surface area contributed by atoms with Crippen molar-refractivity contribution in [3.05, 3.63) is 69.8 Å². The van der Waals surface area contributed by atoms with Gasteiger partial charge in [-0.1, -0.05) is 0 Å². The van der Waals surface area contributed by atoms with Crippen LogP contribution in [0.4, 0.5) is 0 Å². The Kier molecular flexibility index (Phi) is 3.39. The van der Waals surface area contributed by atoms with Gasteiger partial charge in [-0.3, -0.25) is 4.79 Å². The second kappa shape index (κ2) is 5.37. The van der Waals surface area contributed by atoms with Crippen LogP contribution in [0.3, 0.4) is 0 Å². The van der Waals surface area contributed by atoms with Gasteiger partial charge in [-0.25, -0.2) is 4.79 Å². The molecule has 0 fully saturated rings. The van der Waals surface area contributed by atoms with E-state index < -0.39 is 5.63 Å². The molecule has 0 saturated carbocycles. The molecule has 5 nitrogen and oxygen atoms in total. The second-order valence-corrected chi connectivity index (χ2v) is 4.91. The Morgan fingerprint density at radius 2 is 2.14 bits per heavy atom. The van der Waals surface area contributed by atoms with Gasteiger partial charge in [0, 0.05) is 18.0 Å². The summed E-state index contributed by atoms with van der Waals surface area (Å²) in [6.45, 7) is 1.68. The number of H-pyrrole nitrogens is 1. The van der Waals surface area contributed by atoms with Crippen molar-refractivity contribution in [2.75, 3.05) is 0 Å². The van der Waals surface area contributed by atoms with Crippen LogP contribution in [0.5, 0.6) is 5.75 Å². The van der Waals surface area contributed by atoms with Gasteiger partial charge in [0.2, 0.25) is 0 Å². The molecule has 2 N–H and O–H groups in total. The van der Waals surface area contributed by atoms with Crippen molar-refractivity contribution in [1.82, 2.24) is 4.98 Å². The zero-order chi connectivity index (χ0) is 15.7. The molecule has 0 atom stereocenters. The third-order valence-electron chi connectivity index (χ3n) is 3.38. The van der Waals surface area contributed by atoms with Crippen molar-refractivity contribution in [3.63, 3.8) is 0 Å². The number of aromatic amines is 1. The first-order chi connectivity index (χ1) is 10.6. The zero-order valence-corrected chi connectivity index (χ0v) is 11.8. The van der Waals surface area contributed by atoms with Crippen molar-refractivity contribution in [3.8, 4) is 5.75 Å². The maximum absolute atomic E-state index is 12.2. The highest BCUT2D eigenvalue weighted by Crippen LogP contribution is 2.30. The number of aromatic nitrogens is 1. The number of hydrogen-bond donors (Lipinski definition) is 2. The molecule has 110 valence electrons. The minimum Gasteiger partial charge on any atom is -0.506 e. The maximum atomic E-state index is 12.2. The molecular formula is C17H13NO4. The van der Waals surface area contributed by atoms with Crippen LogP contribution in [-0.4, -0.2) is 15.9 Å². The Labute approximate surface area is 125 Å². The lowest BCUT2D eigenvalue weighted by Gasteiger charge is -2.06. The van der Waals surface area contributed by atoms with Crippen molar-refractivity contribution in [1.29, 1.82) is 0 Å². The third-order valence-corrected chi connectivity index (χ3v) is 3.38. The Balaban J connectivity index is 2.06. The average molecular weight is 295 g/mol. The highest BCUT2D eigenvalue weighted by molar-refractivity contribution is 6.11. The molecule has 0 radical (unpaired) electrons. The summed E-state index contributed by atoms with van der Waals surface area (Å²) in [7, 11) is 0. The van der Waals surface area contributed by atoms with E-state index in [1.54, 1.807) is 19.2 Å². The van der Waals surface area contributed by atoms with Crippen molar-refractivity contribution in [2.45, 2.75) is 6.92 Å². The van der Waals surface area contributed by atoms with Crippen LogP contribution in [0.15, 0.2) is 51.8 Å². The summed E-state index contributed by atoms with van der Waals surface area (Å²) in [5.41, 5.74) is 1.28. The molecule has 1 aromatic carbocycles. The summed E-state index contributed by atoms with van der Waals surface area (Å²) in [4.78, 5) is 26.5. The summed E-state index contributed by atoms with van der Waals surface area (Å²) in [5.74, 6) is -0.514. The summed E-state index contributed by atoms with van der Waals surface area (Å²) in [6.07, 6.45) is 4.76. The standard InChI is InChI=1S/C17H13NO4/c1-10-9-15(20)22-14-7-5-12(17(21)16(10)14)13(19)6-4-11-3-2-8-18-11/h2-9,18,21H,1H3/b6-4+. The Bertz CT molecular complexity index is 933. The van der Waals surface area contributed by atoms with Crippen LogP contribution in [0.2, 0.25) is 0 Å². The summed E-state index contributed by atoms with van der Waals surface area (Å²) in [5, 5.41) is 10.7. The number of nitrogens with one attached hydrogen (secondary N) is 1. The SMILES string of the molecule is Cc1cc(=O)oc2ccc(C(=O)/C=C/c3ccc[nH]3)c(O)c12. The largest absolute Gasteiger partial charge is 0.506 e. The molecule has 3 aromatic rings. The van der Waals surface area contributed by atoms with Gasteiger partial charge >= 0.3 is 5.63 Å². The van der Waals surface area contributed by atoms with Gasteiger partial charge in [0.25, 0.3) is 0 Å². The van der Waals surface area contributed by atoms with E-state index in [1.165, 1.54) is 24.3 Å². The molecule has 0 aliphatic rings. The number of aryl methyl sites for hydroxylation is 1. The maximum Gasteiger partial charge on any atom is 0.336 e. The topological polar surface area (TPSA) is 83.3 Å². The predicted molar refractivity (Wildman–Crippen MR) is 83.0 cm³/mol. The van der Waals surface area contributed by atoms with Gasteiger partial charge < -0.3 is 14.5 Å². The first-order valence-corrected chi connectivity index (χ1v) is 6.68. The summed E-state index contributed by atoms with van der Waals surface area (Å²) >= 11 is 0. The van der Waals surface area contributed by atoms with Gasteiger partial charge in [0.1, 0.15) is 11.3 Å². The van der Waals surface area contributed by atoms with Crippen molar-refractivity contribution < 1.29 is 14.3 Å². The number of carbonyl (C=O) groups is 1. The molecule has 0 spiro atoms. The number of ketones is 1. The molecule has 0 saturated heterocycles. The molecule has 2 heterocycles. The average Bonchev–Trinajstić information content (AvgIpc) is 2.97. The van der Waals surface area contributed by atoms with E-state index in [0.29, 0.717) is 10.9 Å². The number of rotatable bonds is 3. The van der Waals surface area contributed by atoms with E-state index in [2.05, 4.69) is 4.98 Å². The number of hydrogen-bond acceptors (Lipinski definition) is 4. The van der Waals surface area contributed by atoms with Gasteiger partial charge in [0.05, 0.1) is 10.9 Å². The minimum absolute atomic E-state index is 0.159. The van der Waals surface area contributed by atoms with E-state index in [-0.39, 0.29) is 22.7 Å². The fourth-order valence-corrected chi connectivity index (χ4v) is 2.33. The number of benzene rings is 1. The predicted octanol–water partition coefficient (Wildman–Crippen LogP) is 3.03. The number of carbonyl (C=O) groups excluding carboxylic acids is 1. The van der Waals surface area contributed by atoms with Gasteiger partial charge in [-0.2, -0.15) is 0 Å².